The van der Waals surface area contributed by atoms with Gasteiger partial charge in [-0.2, -0.15) is 0 Å². The summed E-state index contributed by atoms with van der Waals surface area (Å²) in [5, 5.41) is 5.46. The van der Waals surface area contributed by atoms with Crippen LogP contribution in [0.2, 0.25) is 0 Å². The second-order valence-electron chi connectivity index (χ2n) is 8.98. The fourth-order valence-corrected chi connectivity index (χ4v) is 4.13. The number of aromatic nitrogens is 2. The molecule has 0 fully saturated rings. The molecule has 1 atom stereocenters. The molecule has 0 saturated heterocycles. The van der Waals surface area contributed by atoms with Crippen LogP contribution < -0.4 is 10.6 Å². The number of imidazole rings is 1. The predicted molar refractivity (Wildman–Crippen MR) is 121 cm³/mol. The molecule has 1 aromatic carbocycles. The lowest BCUT2D eigenvalue weighted by Gasteiger charge is -2.29. The number of halogens is 2. The molecular weight excluding hydrogens is 465 g/mol. The topological polar surface area (TPSA) is 79.3 Å². The zero-order valence-electron chi connectivity index (χ0n) is 18.6. The summed E-state index contributed by atoms with van der Waals surface area (Å²) in [4.78, 5) is 32.4. The molecule has 0 radical (unpaired) electrons. The Morgan fingerprint density at radius 2 is 1.97 bits per heavy atom. The molecule has 0 unspecified atom stereocenters. The first-order chi connectivity index (χ1) is 14.5. The second kappa shape index (κ2) is 9.08. The maximum absolute atomic E-state index is 14.8. The lowest BCUT2D eigenvalue weighted by Crippen LogP contribution is -2.53. The maximum Gasteiger partial charge on any atom is 0.272 e. The Labute approximate surface area is 190 Å². The van der Waals surface area contributed by atoms with Gasteiger partial charge in [-0.15, -0.1) is 0 Å². The van der Waals surface area contributed by atoms with E-state index in [-0.39, 0.29) is 11.6 Å². The van der Waals surface area contributed by atoms with E-state index < -0.39 is 23.2 Å². The number of likely N-dealkylation sites (N-methyl/N-ethyl adjacent to an activating group) is 1. The zero-order valence-corrected chi connectivity index (χ0v) is 20.1. The molecular formula is C22H29BrFN5O2. The second-order valence-corrected chi connectivity index (χ2v) is 9.90. The number of nitrogens with zero attached hydrogens (tertiary/aromatic N) is 3. The van der Waals surface area contributed by atoms with Gasteiger partial charge in [0.2, 0.25) is 5.91 Å². The molecule has 2 N–H and O–H groups in total. The maximum atomic E-state index is 14.8. The zero-order chi connectivity index (χ0) is 22.9. The van der Waals surface area contributed by atoms with Crippen LogP contribution in [-0.2, 0) is 17.9 Å². The third kappa shape index (κ3) is 4.98. The smallest absolute Gasteiger partial charge is 0.272 e. The molecule has 2 amide bonds. The lowest BCUT2D eigenvalue weighted by atomic mass is 9.86. The van der Waals surface area contributed by atoms with Gasteiger partial charge in [0.1, 0.15) is 17.7 Å². The van der Waals surface area contributed by atoms with Crippen LogP contribution in [0.1, 0.15) is 43.4 Å². The molecule has 1 aromatic heterocycles. The van der Waals surface area contributed by atoms with Crippen LogP contribution in [0.15, 0.2) is 22.7 Å². The average molecular weight is 494 g/mol. The first-order valence-corrected chi connectivity index (χ1v) is 11.1. The van der Waals surface area contributed by atoms with Gasteiger partial charge in [-0.3, -0.25) is 9.59 Å². The molecule has 2 heterocycles. The molecule has 7 nitrogen and oxygen atoms in total. The van der Waals surface area contributed by atoms with Crippen molar-refractivity contribution in [3.63, 3.8) is 0 Å². The van der Waals surface area contributed by atoms with Crippen molar-refractivity contribution >= 4 is 27.7 Å². The summed E-state index contributed by atoms with van der Waals surface area (Å²) in [5.74, 6) is -0.703. The summed E-state index contributed by atoms with van der Waals surface area (Å²) in [6, 6.07) is 4.07. The first-order valence-electron chi connectivity index (χ1n) is 10.3. The quantitative estimate of drug-likeness (QED) is 0.685. The van der Waals surface area contributed by atoms with Gasteiger partial charge < -0.3 is 20.1 Å². The minimum absolute atomic E-state index is 0.226. The van der Waals surface area contributed by atoms with E-state index in [4.69, 9.17) is 0 Å². The van der Waals surface area contributed by atoms with Gasteiger partial charge in [0.15, 0.2) is 5.69 Å². The van der Waals surface area contributed by atoms with E-state index in [1.807, 2.05) is 32.4 Å². The molecule has 3 rings (SSSR count). The summed E-state index contributed by atoms with van der Waals surface area (Å²) in [7, 11) is 3.52. The Balaban J connectivity index is 2.08. The Morgan fingerprint density at radius 3 is 2.58 bits per heavy atom. The number of amides is 2. The number of carbonyl (C=O) groups excluding carboxylic acids is 2. The van der Waals surface area contributed by atoms with E-state index in [0.717, 1.165) is 18.7 Å². The van der Waals surface area contributed by atoms with Crippen LogP contribution in [0.3, 0.4) is 0 Å². The van der Waals surface area contributed by atoms with Crippen molar-refractivity contribution in [1.29, 1.82) is 0 Å². The molecule has 2 aromatic rings. The summed E-state index contributed by atoms with van der Waals surface area (Å²) < 4.78 is 17.3. The van der Waals surface area contributed by atoms with Gasteiger partial charge in [-0.05, 0) is 43.6 Å². The Morgan fingerprint density at radius 1 is 1.26 bits per heavy atom. The van der Waals surface area contributed by atoms with Gasteiger partial charge >= 0.3 is 0 Å². The number of nitrogens with one attached hydrogen (secondary N) is 2. The number of hydrogen-bond donors (Lipinski definition) is 2. The highest BCUT2D eigenvalue weighted by Gasteiger charge is 2.34. The van der Waals surface area contributed by atoms with Gasteiger partial charge in [-0.1, -0.05) is 36.7 Å². The largest absolute Gasteiger partial charge is 0.357 e. The fourth-order valence-electron chi connectivity index (χ4n) is 3.80. The molecule has 0 aliphatic carbocycles. The van der Waals surface area contributed by atoms with Gasteiger partial charge in [0.25, 0.3) is 5.91 Å². The molecule has 168 valence electrons. The summed E-state index contributed by atoms with van der Waals surface area (Å²) in [6.07, 6.45) is 0.856. The number of fused-ring (bicyclic) bond motifs is 1. The number of carbonyl (C=O) groups is 2. The molecule has 0 saturated carbocycles. The number of rotatable bonds is 4. The first kappa shape index (κ1) is 23.4. The highest BCUT2D eigenvalue weighted by molar-refractivity contribution is 9.10. The average Bonchev–Trinajstić information content (AvgIpc) is 2.90. The Kier molecular flexibility index (Phi) is 6.85. The van der Waals surface area contributed by atoms with E-state index in [2.05, 4.69) is 36.4 Å². The van der Waals surface area contributed by atoms with Gasteiger partial charge in [-0.25, -0.2) is 9.37 Å². The van der Waals surface area contributed by atoms with Crippen LogP contribution in [-0.4, -0.2) is 52.9 Å². The lowest BCUT2D eigenvalue weighted by molar-refractivity contribution is -0.124. The monoisotopic (exact) mass is 493 g/mol. The van der Waals surface area contributed by atoms with E-state index in [0.29, 0.717) is 29.0 Å². The van der Waals surface area contributed by atoms with Crippen molar-refractivity contribution in [3.8, 4) is 11.4 Å². The van der Waals surface area contributed by atoms with Crippen molar-refractivity contribution in [3.05, 3.63) is 39.9 Å². The van der Waals surface area contributed by atoms with Crippen LogP contribution >= 0.6 is 15.9 Å². The highest BCUT2D eigenvalue weighted by atomic mass is 79.9. The van der Waals surface area contributed by atoms with Crippen LogP contribution in [0.5, 0.6) is 0 Å². The molecule has 1 aliphatic rings. The van der Waals surface area contributed by atoms with Crippen LogP contribution in [0.4, 0.5) is 4.39 Å². The normalized spacial score (nSPS) is 15.7. The summed E-state index contributed by atoms with van der Waals surface area (Å²) in [5.41, 5.74) is 0.791. The van der Waals surface area contributed by atoms with Crippen molar-refractivity contribution in [2.75, 3.05) is 20.6 Å². The molecule has 9 heteroatoms. The van der Waals surface area contributed by atoms with Crippen molar-refractivity contribution in [1.82, 2.24) is 25.1 Å². The molecule has 1 aliphatic heterocycles. The van der Waals surface area contributed by atoms with Crippen molar-refractivity contribution in [2.24, 2.45) is 5.41 Å². The van der Waals surface area contributed by atoms with Crippen molar-refractivity contribution in [2.45, 2.75) is 46.3 Å². The van der Waals surface area contributed by atoms with E-state index in [1.165, 1.54) is 6.07 Å². The predicted octanol–water partition coefficient (Wildman–Crippen LogP) is 3.18. The summed E-state index contributed by atoms with van der Waals surface area (Å²) >= 11 is 3.28. The number of benzene rings is 1. The molecule has 0 bridgehead atoms. The van der Waals surface area contributed by atoms with E-state index in [1.54, 1.807) is 19.2 Å². The molecule has 0 spiro atoms. The fraction of sp³-hybridized carbons (Fsp3) is 0.500. The minimum Gasteiger partial charge on any atom is -0.357 e. The van der Waals surface area contributed by atoms with Crippen molar-refractivity contribution < 1.29 is 14.0 Å². The molecule has 31 heavy (non-hydrogen) atoms. The summed E-state index contributed by atoms with van der Waals surface area (Å²) in [6.45, 7) is 7.65. The van der Waals surface area contributed by atoms with E-state index >= 15 is 0 Å². The minimum atomic E-state index is -0.737. The van der Waals surface area contributed by atoms with E-state index in [9.17, 15) is 14.0 Å². The van der Waals surface area contributed by atoms with Crippen LogP contribution in [0.25, 0.3) is 11.4 Å². The number of hydrogen-bond acceptors (Lipinski definition) is 4. The van der Waals surface area contributed by atoms with Gasteiger partial charge in [0.05, 0.1) is 11.3 Å². The SMILES string of the molecule is CNC(=O)[C@@H](NC(=O)c1nc(-c2ccc(Br)cc2F)n2c1CN(C)CCC2)C(C)(C)C. The Bertz CT molecular complexity index is 999. The standard InChI is InChI=1S/C22H29BrFN5O2/c1-22(2,3)18(21(31)25-4)27-20(30)17-16-12-28(5)9-6-10-29(16)19(26-17)14-8-7-13(23)11-15(14)24/h7-8,11,18H,6,9-10,12H2,1-5H3,(H,25,31)(H,27,30)/t18-/m1/s1. The van der Waals surface area contributed by atoms with Gasteiger partial charge in [0, 0.05) is 24.6 Å². The van der Waals surface area contributed by atoms with Crippen LogP contribution in [0, 0.1) is 11.2 Å². The Hall–Kier alpha value is -2.26. The highest BCUT2D eigenvalue weighted by Crippen LogP contribution is 2.30. The third-order valence-electron chi connectivity index (χ3n) is 5.45. The third-order valence-corrected chi connectivity index (χ3v) is 5.94.